The van der Waals surface area contributed by atoms with Crippen LogP contribution in [0.3, 0.4) is 0 Å². The van der Waals surface area contributed by atoms with Crippen LogP contribution in [0.1, 0.15) is 23.5 Å². The first-order chi connectivity index (χ1) is 15.7. The van der Waals surface area contributed by atoms with Gasteiger partial charge in [0.25, 0.3) is 10.2 Å². The second-order valence-corrected chi connectivity index (χ2v) is 13.1. The van der Waals surface area contributed by atoms with Crippen LogP contribution in [0, 0.1) is 0 Å². The van der Waals surface area contributed by atoms with E-state index in [4.69, 9.17) is 10.5 Å². The molecule has 0 amide bonds. The lowest BCUT2D eigenvalue weighted by atomic mass is 9.97. The van der Waals surface area contributed by atoms with E-state index in [0.29, 0.717) is 25.2 Å². The van der Waals surface area contributed by atoms with Crippen molar-refractivity contribution in [3.8, 4) is 0 Å². The number of sulfone groups is 1. The fourth-order valence-electron chi connectivity index (χ4n) is 4.34. The number of hydrogen-bond donors (Lipinski definition) is 1. The summed E-state index contributed by atoms with van der Waals surface area (Å²) in [6, 6.07) is 11.8. The summed E-state index contributed by atoms with van der Waals surface area (Å²) in [5.74, 6) is -0.135. The standard InChI is InChI=1S/C21H27N4O5S2Si/c22-14-16-6-7-23-20(12-16)31(26,27)21(33)19-13-18(17-4-2-1-3-5-17)15-25(19)32(28,29)24-8-10-30-11-9-24/h1-7,12,18-19,21H,8-11,13-15,22H2/t18-,19-,21-/m0/s1. The van der Waals surface area contributed by atoms with Crippen molar-refractivity contribution in [2.75, 3.05) is 32.8 Å². The van der Waals surface area contributed by atoms with Gasteiger partial charge in [0.2, 0.25) is 0 Å². The van der Waals surface area contributed by atoms with Gasteiger partial charge in [-0.1, -0.05) is 30.3 Å². The Bertz CT molecular complexity index is 1170. The van der Waals surface area contributed by atoms with E-state index >= 15 is 0 Å². The normalized spacial score (nSPS) is 24.1. The van der Waals surface area contributed by atoms with Gasteiger partial charge in [0.05, 0.1) is 28.3 Å². The monoisotopic (exact) mass is 507 g/mol. The Balaban J connectivity index is 1.70. The molecular weight excluding hydrogens is 480 g/mol. The van der Waals surface area contributed by atoms with Gasteiger partial charge >= 0.3 is 0 Å². The number of pyridine rings is 1. The summed E-state index contributed by atoms with van der Waals surface area (Å²) in [6.45, 7) is 1.47. The van der Waals surface area contributed by atoms with Crippen LogP contribution in [0.5, 0.6) is 0 Å². The highest BCUT2D eigenvalue weighted by atomic mass is 32.2. The number of benzene rings is 1. The highest BCUT2D eigenvalue weighted by Gasteiger charge is 2.48. The largest absolute Gasteiger partial charge is 0.379 e. The van der Waals surface area contributed by atoms with E-state index in [0.717, 1.165) is 5.56 Å². The Hall–Kier alpha value is -1.67. The SMILES string of the molecule is NCc1ccnc(S(=O)(=O)[C@@H]([Si])[C@@H]2C[C@H](c3ccccc3)CN2S(=O)(=O)N2CCOCC2)c1. The highest BCUT2D eigenvalue weighted by Crippen LogP contribution is 2.38. The number of aromatic nitrogens is 1. The third-order valence-corrected chi connectivity index (χ3v) is 11.3. The molecule has 0 spiro atoms. The maximum atomic E-state index is 13.6. The zero-order valence-electron chi connectivity index (χ0n) is 18.1. The van der Waals surface area contributed by atoms with Crippen LogP contribution in [0.25, 0.3) is 0 Å². The van der Waals surface area contributed by atoms with E-state index in [9.17, 15) is 16.8 Å². The fourth-order valence-corrected chi connectivity index (χ4v) is 8.48. The first-order valence-corrected chi connectivity index (χ1v) is 14.3. The average Bonchev–Trinajstić information content (AvgIpc) is 3.31. The van der Waals surface area contributed by atoms with Gasteiger partial charge in [-0.25, -0.2) is 13.4 Å². The smallest absolute Gasteiger partial charge is 0.282 e. The summed E-state index contributed by atoms with van der Waals surface area (Å²) >= 11 is 0. The molecule has 1 aromatic heterocycles. The van der Waals surface area contributed by atoms with Gasteiger partial charge in [-0.2, -0.15) is 17.0 Å². The van der Waals surface area contributed by atoms with Crippen molar-refractivity contribution in [1.29, 1.82) is 0 Å². The molecule has 9 nitrogen and oxygen atoms in total. The molecule has 33 heavy (non-hydrogen) atoms. The molecule has 4 rings (SSSR count). The molecule has 2 saturated heterocycles. The van der Waals surface area contributed by atoms with Crippen LogP contribution >= 0.6 is 0 Å². The first kappa shape index (κ1) is 24.5. The second-order valence-electron chi connectivity index (χ2n) is 8.17. The molecule has 3 heterocycles. The number of ether oxygens (including phenoxy) is 1. The molecular formula is C21H27N4O5S2Si. The maximum Gasteiger partial charge on any atom is 0.282 e. The quantitative estimate of drug-likeness (QED) is 0.533. The van der Waals surface area contributed by atoms with Gasteiger partial charge in [0.1, 0.15) is 0 Å². The zero-order valence-corrected chi connectivity index (χ0v) is 20.7. The van der Waals surface area contributed by atoms with Gasteiger partial charge < -0.3 is 10.5 Å². The Morgan fingerprint density at radius 1 is 1.12 bits per heavy atom. The number of hydrogen-bond acceptors (Lipinski definition) is 7. The molecule has 177 valence electrons. The molecule has 0 unspecified atom stereocenters. The topological polar surface area (TPSA) is 123 Å². The lowest BCUT2D eigenvalue weighted by molar-refractivity contribution is 0.0699. The van der Waals surface area contributed by atoms with Crippen molar-refractivity contribution in [3.63, 3.8) is 0 Å². The molecule has 1 aromatic carbocycles. The number of rotatable bonds is 7. The molecule has 0 aliphatic carbocycles. The zero-order chi connectivity index (χ0) is 23.6. The van der Waals surface area contributed by atoms with Gasteiger partial charge in [-0.05, 0) is 35.6 Å². The van der Waals surface area contributed by atoms with Crippen LogP contribution in [0.2, 0.25) is 0 Å². The fraction of sp³-hybridized carbons (Fsp3) is 0.476. The van der Waals surface area contributed by atoms with E-state index < -0.39 is 31.0 Å². The second kappa shape index (κ2) is 9.90. The molecule has 2 fully saturated rings. The van der Waals surface area contributed by atoms with Crippen molar-refractivity contribution in [1.82, 2.24) is 13.6 Å². The molecule has 0 bridgehead atoms. The van der Waals surface area contributed by atoms with E-state index in [2.05, 4.69) is 15.2 Å². The van der Waals surface area contributed by atoms with Crippen molar-refractivity contribution in [2.24, 2.45) is 5.73 Å². The van der Waals surface area contributed by atoms with Crippen LogP contribution in [0.15, 0.2) is 53.7 Å². The van der Waals surface area contributed by atoms with Crippen molar-refractivity contribution in [2.45, 2.75) is 34.8 Å². The molecule has 2 N–H and O–H groups in total. The minimum atomic E-state index is -3.99. The molecule has 0 saturated carbocycles. The summed E-state index contributed by atoms with van der Waals surface area (Å²) in [5, 5.41) is -0.127. The lowest BCUT2D eigenvalue weighted by Crippen LogP contribution is -2.53. The van der Waals surface area contributed by atoms with Crippen molar-refractivity contribution >= 4 is 30.3 Å². The molecule has 2 aliphatic rings. The summed E-state index contributed by atoms with van der Waals surface area (Å²) in [5.41, 5.74) is 7.27. The number of morpholine rings is 1. The molecule has 3 radical (unpaired) electrons. The van der Waals surface area contributed by atoms with Crippen LogP contribution in [0.4, 0.5) is 0 Å². The van der Waals surface area contributed by atoms with Gasteiger partial charge in [0, 0.05) is 38.4 Å². The number of nitrogens with two attached hydrogens (primary N) is 1. The van der Waals surface area contributed by atoms with Crippen molar-refractivity contribution < 1.29 is 21.6 Å². The van der Waals surface area contributed by atoms with E-state index in [1.165, 1.54) is 20.9 Å². The Labute approximate surface area is 198 Å². The molecule has 2 aliphatic heterocycles. The average molecular weight is 508 g/mol. The Morgan fingerprint density at radius 2 is 1.82 bits per heavy atom. The van der Waals surface area contributed by atoms with Crippen LogP contribution < -0.4 is 5.73 Å². The summed E-state index contributed by atoms with van der Waals surface area (Å²) in [6.07, 6.45) is 1.76. The van der Waals surface area contributed by atoms with Gasteiger partial charge in [-0.15, -0.1) is 0 Å². The van der Waals surface area contributed by atoms with Crippen molar-refractivity contribution in [3.05, 3.63) is 59.8 Å². The third-order valence-electron chi connectivity index (χ3n) is 6.17. The maximum absolute atomic E-state index is 13.6. The van der Waals surface area contributed by atoms with E-state index in [1.54, 1.807) is 6.07 Å². The van der Waals surface area contributed by atoms with E-state index in [-0.39, 0.29) is 37.1 Å². The molecule has 2 aromatic rings. The third kappa shape index (κ3) is 4.92. The summed E-state index contributed by atoms with van der Waals surface area (Å²) < 4.78 is 62.1. The number of nitrogens with zero attached hydrogens (tertiary/aromatic N) is 3. The Kier molecular flexibility index (Phi) is 7.34. The lowest BCUT2D eigenvalue weighted by Gasteiger charge is -2.34. The Morgan fingerprint density at radius 3 is 2.48 bits per heavy atom. The predicted molar refractivity (Wildman–Crippen MR) is 124 cm³/mol. The first-order valence-electron chi connectivity index (χ1n) is 10.7. The van der Waals surface area contributed by atoms with Crippen LogP contribution in [-0.4, -0.2) is 84.4 Å². The predicted octanol–water partition coefficient (Wildman–Crippen LogP) is 0.244. The highest BCUT2D eigenvalue weighted by molar-refractivity contribution is 7.93. The minimum absolute atomic E-state index is 0.127. The molecule has 12 heteroatoms. The molecule has 3 atom stereocenters. The van der Waals surface area contributed by atoms with Gasteiger partial charge in [-0.3, -0.25) is 0 Å². The van der Waals surface area contributed by atoms with E-state index in [1.807, 2.05) is 30.3 Å². The summed E-state index contributed by atoms with van der Waals surface area (Å²) in [4.78, 5) is 2.86. The minimum Gasteiger partial charge on any atom is -0.379 e. The summed E-state index contributed by atoms with van der Waals surface area (Å²) in [7, 11) is -4.46. The van der Waals surface area contributed by atoms with Gasteiger partial charge in [0.15, 0.2) is 14.9 Å². The van der Waals surface area contributed by atoms with Crippen LogP contribution in [-0.2, 0) is 31.3 Å².